The second-order valence-electron chi connectivity index (χ2n) is 8.68. The molecule has 2 aromatic heterocycles. The number of piperazine rings is 1. The zero-order chi connectivity index (χ0) is 22.8. The molecular formula is C27H27FN4O. The van der Waals surface area contributed by atoms with Gasteiger partial charge in [-0.25, -0.2) is 4.39 Å². The third kappa shape index (κ3) is 4.66. The molecule has 2 aromatic carbocycles. The van der Waals surface area contributed by atoms with Crippen LogP contribution in [0.4, 0.5) is 10.1 Å². The number of pyridine rings is 2. The third-order valence-corrected chi connectivity index (χ3v) is 6.33. The Balaban J connectivity index is 1.39. The van der Waals surface area contributed by atoms with Gasteiger partial charge in [0.05, 0.1) is 17.8 Å². The lowest BCUT2D eigenvalue weighted by molar-refractivity contribution is 0.248. The van der Waals surface area contributed by atoms with Crippen molar-refractivity contribution < 1.29 is 4.39 Å². The molecule has 3 heterocycles. The Labute approximate surface area is 192 Å². The van der Waals surface area contributed by atoms with Gasteiger partial charge in [0.25, 0.3) is 5.56 Å². The highest BCUT2D eigenvalue weighted by molar-refractivity contribution is 5.80. The van der Waals surface area contributed by atoms with Crippen molar-refractivity contribution in [3.8, 4) is 0 Å². The van der Waals surface area contributed by atoms with Crippen LogP contribution in [0.5, 0.6) is 0 Å². The Morgan fingerprint density at radius 2 is 1.70 bits per heavy atom. The number of rotatable bonds is 5. The Morgan fingerprint density at radius 1 is 0.909 bits per heavy atom. The van der Waals surface area contributed by atoms with E-state index in [0.717, 1.165) is 59.6 Å². The molecule has 6 heteroatoms. The average molecular weight is 443 g/mol. The zero-order valence-electron chi connectivity index (χ0n) is 18.7. The van der Waals surface area contributed by atoms with Crippen molar-refractivity contribution in [2.45, 2.75) is 20.0 Å². The van der Waals surface area contributed by atoms with E-state index < -0.39 is 0 Å². The van der Waals surface area contributed by atoms with Crippen LogP contribution >= 0.6 is 0 Å². The lowest BCUT2D eigenvalue weighted by Crippen LogP contribution is -2.46. The monoisotopic (exact) mass is 442 g/mol. The zero-order valence-corrected chi connectivity index (χ0v) is 18.7. The number of anilines is 1. The van der Waals surface area contributed by atoms with E-state index in [9.17, 15) is 9.18 Å². The molecule has 0 spiro atoms. The first kappa shape index (κ1) is 21.3. The molecule has 0 bridgehead atoms. The molecule has 4 aromatic rings. The normalized spacial score (nSPS) is 14.7. The fourth-order valence-corrected chi connectivity index (χ4v) is 4.52. The number of hydrogen-bond acceptors (Lipinski definition) is 4. The van der Waals surface area contributed by atoms with E-state index in [-0.39, 0.29) is 11.4 Å². The van der Waals surface area contributed by atoms with Crippen LogP contribution in [0.2, 0.25) is 0 Å². The number of benzene rings is 2. The third-order valence-electron chi connectivity index (χ3n) is 6.33. The highest BCUT2D eigenvalue weighted by atomic mass is 19.1. The van der Waals surface area contributed by atoms with Crippen LogP contribution in [-0.2, 0) is 13.1 Å². The maximum atomic E-state index is 13.6. The summed E-state index contributed by atoms with van der Waals surface area (Å²) < 4.78 is 15.1. The average Bonchev–Trinajstić information content (AvgIpc) is 2.84. The van der Waals surface area contributed by atoms with Crippen molar-refractivity contribution in [1.29, 1.82) is 0 Å². The van der Waals surface area contributed by atoms with E-state index in [1.807, 2.05) is 47.9 Å². The highest BCUT2D eigenvalue weighted by Gasteiger charge is 2.20. The van der Waals surface area contributed by atoms with Crippen molar-refractivity contribution in [3.63, 3.8) is 0 Å². The molecule has 168 valence electrons. The summed E-state index contributed by atoms with van der Waals surface area (Å²) in [6.07, 6.45) is 1.76. The Bertz CT molecular complexity index is 1310. The fraction of sp³-hybridized carbons (Fsp3) is 0.259. The number of fused-ring (bicyclic) bond motifs is 1. The van der Waals surface area contributed by atoms with Gasteiger partial charge < -0.3 is 9.47 Å². The molecular weight excluding hydrogens is 415 g/mol. The van der Waals surface area contributed by atoms with Gasteiger partial charge in [-0.15, -0.1) is 0 Å². The standard InChI is InChI=1S/C27H27FN4O/c1-20-5-6-21-17-22(27(33)32(26(21)16-20)19-24-4-2-3-11-29-24)18-30-12-14-31(15-13-30)25-9-7-23(28)8-10-25/h2-11,16-17H,12-15,18-19H2,1H3. The molecule has 0 atom stereocenters. The van der Waals surface area contributed by atoms with Crippen LogP contribution in [0, 0.1) is 12.7 Å². The number of aromatic nitrogens is 2. The second-order valence-corrected chi connectivity index (χ2v) is 8.68. The lowest BCUT2D eigenvalue weighted by Gasteiger charge is -2.36. The Kier molecular flexibility index (Phi) is 5.92. The van der Waals surface area contributed by atoms with Crippen molar-refractivity contribution in [2.75, 3.05) is 31.1 Å². The van der Waals surface area contributed by atoms with Crippen LogP contribution < -0.4 is 10.5 Å². The van der Waals surface area contributed by atoms with E-state index in [4.69, 9.17) is 0 Å². The van der Waals surface area contributed by atoms with Gasteiger partial charge in [-0.05, 0) is 66.4 Å². The van der Waals surface area contributed by atoms with Crippen molar-refractivity contribution in [1.82, 2.24) is 14.5 Å². The first-order valence-electron chi connectivity index (χ1n) is 11.3. The first-order valence-corrected chi connectivity index (χ1v) is 11.3. The largest absolute Gasteiger partial charge is 0.369 e. The summed E-state index contributed by atoms with van der Waals surface area (Å²) in [6, 6.07) is 20.7. The van der Waals surface area contributed by atoms with Crippen molar-refractivity contribution in [2.24, 2.45) is 0 Å². The smallest absolute Gasteiger partial charge is 0.255 e. The number of hydrogen-bond donors (Lipinski definition) is 0. The minimum absolute atomic E-state index is 0.0414. The molecule has 5 nitrogen and oxygen atoms in total. The number of nitrogens with zero attached hydrogens (tertiary/aromatic N) is 4. The quantitative estimate of drug-likeness (QED) is 0.464. The molecule has 0 radical (unpaired) electrons. The number of halogens is 1. The Hall–Kier alpha value is -3.51. The molecule has 33 heavy (non-hydrogen) atoms. The van der Waals surface area contributed by atoms with Crippen LogP contribution in [0.25, 0.3) is 10.9 Å². The topological polar surface area (TPSA) is 41.4 Å². The lowest BCUT2D eigenvalue weighted by atomic mass is 10.1. The second kappa shape index (κ2) is 9.16. The predicted octanol–water partition coefficient (Wildman–Crippen LogP) is 4.21. The molecule has 0 unspecified atom stereocenters. The summed E-state index contributed by atoms with van der Waals surface area (Å²) in [5, 5.41) is 1.07. The van der Waals surface area contributed by atoms with E-state index in [1.54, 1.807) is 6.20 Å². The van der Waals surface area contributed by atoms with Crippen LogP contribution in [0.3, 0.4) is 0 Å². The molecule has 0 aliphatic carbocycles. The van der Waals surface area contributed by atoms with Gasteiger partial charge in [0.1, 0.15) is 5.82 Å². The molecule has 1 aliphatic heterocycles. The van der Waals surface area contributed by atoms with Crippen LogP contribution in [0.15, 0.2) is 77.7 Å². The maximum absolute atomic E-state index is 13.6. The summed E-state index contributed by atoms with van der Waals surface area (Å²) in [5.74, 6) is -0.217. The van der Waals surface area contributed by atoms with Gasteiger partial charge in [0, 0.05) is 50.2 Å². The molecule has 1 aliphatic rings. The van der Waals surface area contributed by atoms with Crippen LogP contribution in [-0.4, -0.2) is 40.6 Å². The van der Waals surface area contributed by atoms with Gasteiger partial charge in [-0.3, -0.25) is 14.7 Å². The number of aryl methyl sites for hydroxylation is 1. The van der Waals surface area contributed by atoms with Gasteiger partial charge in [-0.1, -0.05) is 18.2 Å². The Morgan fingerprint density at radius 3 is 2.42 bits per heavy atom. The minimum atomic E-state index is -0.217. The highest BCUT2D eigenvalue weighted by Crippen LogP contribution is 2.20. The fourth-order valence-electron chi connectivity index (χ4n) is 4.52. The van der Waals surface area contributed by atoms with Crippen LogP contribution in [0.1, 0.15) is 16.8 Å². The van der Waals surface area contributed by atoms with Gasteiger partial charge >= 0.3 is 0 Å². The van der Waals surface area contributed by atoms with E-state index in [0.29, 0.717) is 13.1 Å². The SMILES string of the molecule is Cc1ccc2cc(CN3CCN(c4ccc(F)cc4)CC3)c(=O)n(Cc3ccccn3)c2c1. The molecule has 0 N–H and O–H groups in total. The molecule has 0 amide bonds. The van der Waals surface area contributed by atoms with E-state index in [1.165, 1.54) is 12.1 Å². The summed E-state index contributed by atoms with van der Waals surface area (Å²) in [6.45, 7) is 6.50. The predicted molar refractivity (Wildman–Crippen MR) is 130 cm³/mol. The maximum Gasteiger partial charge on any atom is 0.255 e. The summed E-state index contributed by atoms with van der Waals surface area (Å²) >= 11 is 0. The minimum Gasteiger partial charge on any atom is -0.369 e. The first-order chi connectivity index (χ1) is 16.1. The van der Waals surface area contributed by atoms with Crippen molar-refractivity contribution in [3.05, 3.63) is 106 Å². The van der Waals surface area contributed by atoms with Gasteiger partial charge in [0.15, 0.2) is 0 Å². The van der Waals surface area contributed by atoms with Crippen molar-refractivity contribution >= 4 is 16.6 Å². The van der Waals surface area contributed by atoms with E-state index in [2.05, 4.69) is 33.0 Å². The summed E-state index contributed by atoms with van der Waals surface area (Å²) in [5.41, 5.74) is 4.82. The van der Waals surface area contributed by atoms with Gasteiger partial charge in [0.2, 0.25) is 0 Å². The molecule has 0 saturated carbocycles. The van der Waals surface area contributed by atoms with E-state index >= 15 is 0 Å². The summed E-state index contributed by atoms with van der Waals surface area (Å²) in [4.78, 5) is 22.6. The summed E-state index contributed by atoms with van der Waals surface area (Å²) in [7, 11) is 0. The molecule has 1 fully saturated rings. The molecule has 1 saturated heterocycles. The van der Waals surface area contributed by atoms with Gasteiger partial charge in [-0.2, -0.15) is 0 Å². The molecule has 5 rings (SSSR count).